The third-order valence-electron chi connectivity index (χ3n) is 4.75. The summed E-state index contributed by atoms with van der Waals surface area (Å²) in [7, 11) is -2.43. The van der Waals surface area contributed by atoms with Crippen LogP contribution in [0.3, 0.4) is 0 Å². The van der Waals surface area contributed by atoms with Gasteiger partial charge in [-0.25, -0.2) is 13.8 Å². The van der Waals surface area contributed by atoms with Gasteiger partial charge in [0.1, 0.15) is 0 Å². The zero-order valence-electron chi connectivity index (χ0n) is 16.9. The van der Waals surface area contributed by atoms with Crippen molar-refractivity contribution < 1.29 is 17.9 Å². The number of nitrogens with one attached hydrogen (secondary N) is 2. The third-order valence-corrected chi connectivity index (χ3v) is 6.22. The number of carbonyl (C=O) groups is 1. The topological polar surface area (TPSA) is 106 Å². The van der Waals surface area contributed by atoms with Crippen LogP contribution in [0.4, 0.5) is 16.2 Å². The molecule has 0 unspecified atom stereocenters. The van der Waals surface area contributed by atoms with E-state index in [2.05, 4.69) is 15.1 Å². The van der Waals surface area contributed by atoms with E-state index in [0.29, 0.717) is 37.4 Å². The number of urea groups is 1. The van der Waals surface area contributed by atoms with Crippen molar-refractivity contribution in [3.63, 3.8) is 0 Å². The molecule has 30 heavy (non-hydrogen) atoms. The maximum absolute atomic E-state index is 13.1. The number of aromatic nitrogens is 2. The Morgan fingerprint density at radius 1 is 1.30 bits per heavy atom. The van der Waals surface area contributed by atoms with Gasteiger partial charge in [0.25, 0.3) is 0 Å². The number of anilines is 2. The van der Waals surface area contributed by atoms with Crippen molar-refractivity contribution in [2.24, 2.45) is 7.05 Å². The summed E-state index contributed by atoms with van der Waals surface area (Å²) in [4.78, 5) is 12.5. The van der Waals surface area contributed by atoms with Gasteiger partial charge in [0.2, 0.25) is 0 Å². The van der Waals surface area contributed by atoms with Gasteiger partial charge in [-0.05, 0) is 49.4 Å². The van der Waals surface area contributed by atoms with Crippen molar-refractivity contribution in [1.82, 2.24) is 14.5 Å². The molecule has 2 N–H and O–H groups in total. The molecular formula is C19H28N5NaO4S. The van der Waals surface area contributed by atoms with Gasteiger partial charge in [0.15, 0.2) is 0 Å². The van der Waals surface area contributed by atoms with Crippen LogP contribution in [-0.2, 0) is 28.4 Å². The molecule has 9 nitrogen and oxygen atoms in total. The van der Waals surface area contributed by atoms with E-state index in [1.54, 1.807) is 19.3 Å². The number of hydrogen-bond donors (Lipinski definition) is 2. The summed E-state index contributed by atoms with van der Waals surface area (Å²) >= 11 is 0. The summed E-state index contributed by atoms with van der Waals surface area (Å²) in [6.45, 7) is 4.87. The van der Waals surface area contributed by atoms with Gasteiger partial charge in [0, 0.05) is 32.1 Å². The summed E-state index contributed by atoms with van der Waals surface area (Å²) in [5.74, 6) is 0. The minimum atomic E-state index is -4.14. The molecule has 0 saturated carbocycles. The second-order valence-corrected chi connectivity index (χ2v) is 8.68. The average molecular weight is 446 g/mol. The third kappa shape index (κ3) is 6.21. The van der Waals surface area contributed by atoms with Crippen molar-refractivity contribution >= 4 is 57.2 Å². The first-order valence-electron chi connectivity index (χ1n) is 9.58. The van der Waals surface area contributed by atoms with Gasteiger partial charge >= 0.3 is 45.8 Å². The Bertz CT molecular complexity index is 973. The minimum absolute atomic E-state index is 0. The van der Waals surface area contributed by atoms with Gasteiger partial charge in [-0.1, -0.05) is 13.0 Å². The summed E-state index contributed by atoms with van der Waals surface area (Å²) in [6, 6.07) is 4.52. The Morgan fingerprint density at radius 3 is 2.60 bits per heavy atom. The molecule has 160 valence electrons. The number of aryl methyl sites for hydroxylation is 3. The average Bonchev–Trinajstić information content (AvgIpc) is 3.06. The molecular weight excluding hydrogens is 417 g/mol. The fourth-order valence-electron chi connectivity index (χ4n) is 3.45. The Balaban J connectivity index is 0.00000320. The quantitative estimate of drug-likeness (QED) is 0.659. The molecule has 1 aromatic heterocycles. The van der Waals surface area contributed by atoms with Gasteiger partial charge in [-0.2, -0.15) is 13.5 Å². The van der Waals surface area contributed by atoms with Crippen LogP contribution >= 0.6 is 0 Å². The molecule has 0 spiro atoms. The van der Waals surface area contributed by atoms with Crippen LogP contribution in [-0.4, -0.2) is 73.0 Å². The molecule has 3 rings (SSSR count). The van der Waals surface area contributed by atoms with Crippen LogP contribution in [0.5, 0.6) is 0 Å². The van der Waals surface area contributed by atoms with E-state index < -0.39 is 16.2 Å². The molecule has 1 aliphatic heterocycles. The number of hydrogen-bond acceptors (Lipinski definition) is 5. The number of carbonyl (C=O) groups excluding carboxylic acids is 1. The fraction of sp³-hybridized carbons (Fsp3) is 0.474. The molecule has 1 fully saturated rings. The van der Waals surface area contributed by atoms with Crippen LogP contribution in [0.2, 0.25) is 0 Å². The normalized spacial score (nSPS) is 14.6. The van der Waals surface area contributed by atoms with Crippen molar-refractivity contribution in [3.05, 3.63) is 41.7 Å². The second-order valence-electron chi connectivity index (χ2n) is 7.13. The van der Waals surface area contributed by atoms with E-state index in [1.165, 1.54) is 15.2 Å². The second kappa shape index (κ2) is 10.6. The van der Waals surface area contributed by atoms with Crippen molar-refractivity contribution in [1.29, 1.82) is 0 Å². The van der Waals surface area contributed by atoms with E-state index in [1.807, 2.05) is 26.0 Å². The standard InChI is InChI=1S/C19H27N5O4S.Na.H/c1-4-15-9-14(2)10-16(11-15)21-19(25)22-29(26,27)24(17-5-7-28-8-6-17)18-12-20-23(3)13-18;;/h9-13,17H,4-8H2,1-3H3,(H2,21,22,25);;. The Labute approximate surface area is 199 Å². The number of amides is 2. The molecule has 2 heterocycles. The molecule has 0 radical (unpaired) electrons. The van der Waals surface area contributed by atoms with Gasteiger partial charge in [0.05, 0.1) is 17.9 Å². The number of rotatable bonds is 6. The van der Waals surface area contributed by atoms with Crippen LogP contribution in [0, 0.1) is 6.92 Å². The van der Waals surface area contributed by atoms with Gasteiger partial charge in [-0.15, -0.1) is 0 Å². The maximum atomic E-state index is 13.1. The van der Waals surface area contributed by atoms with E-state index in [-0.39, 0.29) is 35.6 Å². The Hall–Kier alpha value is -1.59. The first-order chi connectivity index (χ1) is 13.8. The Kier molecular flexibility index (Phi) is 8.74. The molecule has 2 aromatic rings. The van der Waals surface area contributed by atoms with Crippen molar-refractivity contribution in [3.8, 4) is 0 Å². The molecule has 0 atom stereocenters. The molecule has 1 aromatic carbocycles. The van der Waals surface area contributed by atoms with Crippen molar-refractivity contribution in [2.75, 3.05) is 22.8 Å². The Morgan fingerprint density at radius 2 is 2.00 bits per heavy atom. The summed E-state index contributed by atoms with van der Waals surface area (Å²) in [5.41, 5.74) is 3.00. The summed E-state index contributed by atoms with van der Waals surface area (Å²) < 4.78 is 36.5. The molecule has 11 heteroatoms. The van der Waals surface area contributed by atoms with E-state index in [0.717, 1.165) is 17.5 Å². The van der Waals surface area contributed by atoms with Crippen molar-refractivity contribution in [2.45, 2.75) is 39.2 Å². The van der Waals surface area contributed by atoms with E-state index >= 15 is 0 Å². The molecule has 1 aliphatic rings. The number of nitrogens with zero attached hydrogens (tertiary/aromatic N) is 3. The first kappa shape index (κ1) is 24.7. The zero-order valence-corrected chi connectivity index (χ0v) is 17.7. The van der Waals surface area contributed by atoms with Gasteiger partial charge in [-0.3, -0.25) is 4.68 Å². The predicted octanol–water partition coefficient (Wildman–Crippen LogP) is 1.69. The molecule has 1 saturated heterocycles. The van der Waals surface area contributed by atoms with Crippen LogP contribution < -0.4 is 14.3 Å². The zero-order chi connectivity index (χ0) is 21.0. The molecule has 0 aliphatic carbocycles. The molecule has 2 amide bonds. The monoisotopic (exact) mass is 445 g/mol. The summed E-state index contributed by atoms with van der Waals surface area (Å²) in [5, 5.41) is 6.70. The number of benzene rings is 1. The first-order valence-corrected chi connectivity index (χ1v) is 11.0. The van der Waals surface area contributed by atoms with Crippen LogP contribution in [0.25, 0.3) is 0 Å². The van der Waals surface area contributed by atoms with Gasteiger partial charge < -0.3 is 10.1 Å². The SMILES string of the molecule is CCc1cc(C)cc(NC(=O)NS(=O)(=O)N(c2cnn(C)c2)C2CCOCC2)c1.[NaH]. The van der Waals surface area contributed by atoms with E-state index in [4.69, 9.17) is 4.74 Å². The number of ether oxygens (including phenoxy) is 1. The predicted molar refractivity (Wildman–Crippen MR) is 118 cm³/mol. The van der Waals surface area contributed by atoms with Crippen LogP contribution in [0.1, 0.15) is 30.9 Å². The van der Waals surface area contributed by atoms with Crippen LogP contribution in [0.15, 0.2) is 30.6 Å². The fourth-order valence-corrected chi connectivity index (χ4v) is 4.81. The van der Waals surface area contributed by atoms with E-state index in [9.17, 15) is 13.2 Å². The summed E-state index contributed by atoms with van der Waals surface area (Å²) in [6.07, 6.45) is 4.97. The molecule has 0 bridgehead atoms.